The van der Waals surface area contributed by atoms with Crippen LogP contribution in [0.25, 0.3) is 0 Å². The molecule has 5 heteroatoms. The molecule has 0 spiro atoms. The Bertz CT molecular complexity index is 644. The molecule has 0 saturated carbocycles. The van der Waals surface area contributed by atoms with Crippen molar-refractivity contribution in [3.63, 3.8) is 0 Å². The molecule has 2 aromatic rings. The SMILES string of the molecule is CCN(Cc1ccccc1)C(=O)CNC(=O)COc1ccccc1. The molecule has 0 aromatic heterocycles. The smallest absolute Gasteiger partial charge is 0.258 e. The molecule has 2 amide bonds. The van der Waals surface area contributed by atoms with Gasteiger partial charge in [-0.25, -0.2) is 0 Å². The number of hydrogen-bond donors (Lipinski definition) is 1. The number of ether oxygens (including phenoxy) is 1. The number of likely N-dealkylation sites (N-methyl/N-ethyl adjacent to an activating group) is 1. The summed E-state index contributed by atoms with van der Waals surface area (Å²) in [6.45, 7) is 2.90. The molecule has 0 unspecified atom stereocenters. The summed E-state index contributed by atoms with van der Waals surface area (Å²) in [5, 5.41) is 2.60. The highest BCUT2D eigenvalue weighted by molar-refractivity contribution is 5.85. The van der Waals surface area contributed by atoms with Crippen LogP contribution >= 0.6 is 0 Å². The lowest BCUT2D eigenvalue weighted by Gasteiger charge is -2.21. The summed E-state index contributed by atoms with van der Waals surface area (Å²) in [5.74, 6) is 0.190. The Balaban J connectivity index is 1.75. The van der Waals surface area contributed by atoms with Gasteiger partial charge in [-0.1, -0.05) is 48.5 Å². The van der Waals surface area contributed by atoms with Crippen molar-refractivity contribution in [2.45, 2.75) is 13.5 Å². The molecule has 0 aliphatic rings. The van der Waals surface area contributed by atoms with E-state index in [0.717, 1.165) is 5.56 Å². The number of carbonyl (C=O) groups excluding carboxylic acids is 2. The predicted molar refractivity (Wildman–Crippen MR) is 92.5 cm³/mol. The lowest BCUT2D eigenvalue weighted by molar-refractivity contribution is -0.133. The quantitative estimate of drug-likeness (QED) is 0.809. The fourth-order valence-electron chi connectivity index (χ4n) is 2.18. The zero-order valence-corrected chi connectivity index (χ0v) is 13.8. The maximum absolute atomic E-state index is 12.2. The van der Waals surface area contributed by atoms with E-state index in [9.17, 15) is 9.59 Å². The fourth-order valence-corrected chi connectivity index (χ4v) is 2.18. The average Bonchev–Trinajstić information content (AvgIpc) is 2.64. The van der Waals surface area contributed by atoms with Crippen LogP contribution in [0.15, 0.2) is 60.7 Å². The van der Waals surface area contributed by atoms with Crippen molar-refractivity contribution in [1.82, 2.24) is 10.2 Å². The van der Waals surface area contributed by atoms with Crippen LogP contribution in [0.1, 0.15) is 12.5 Å². The van der Waals surface area contributed by atoms with Crippen molar-refractivity contribution in [2.24, 2.45) is 0 Å². The molecule has 0 atom stereocenters. The van der Waals surface area contributed by atoms with Gasteiger partial charge in [0.2, 0.25) is 5.91 Å². The van der Waals surface area contributed by atoms with Crippen molar-refractivity contribution >= 4 is 11.8 Å². The van der Waals surface area contributed by atoms with E-state index in [1.165, 1.54) is 0 Å². The van der Waals surface area contributed by atoms with E-state index >= 15 is 0 Å². The molecule has 0 radical (unpaired) electrons. The van der Waals surface area contributed by atoms with Crippen LogP contribution in [0.4, 0.5) is 0 Å². The lowest BCUT2D eigenvalue weighted by Crippen LogP contribution is -2.41. The Morgan fingerprint density at radius 1 is 1.00 bits per heavy atom. The summed E-state index contributed by atoms with van der Waals surface area (Å²) in [5.41, 5.74) is 1.06. The molecular weight excluding hydrogens is 304 g/mol. The Hall–Kier alpha value is -2.82. The Morgan fingerprint density at radius 3 is 2.25 bits per heavy atom. The number of rotatable bonds is 8. The molecule has 24 heavy (non-hydrogen) atoms. The molecule has 0 fully saturated rings. The molecule has 1 N–H and O–H groups in total. The molecule has 0 aliphatic heterocycles. The third-order valence-corrected chi connectivity index (χ3v) is 3.50. The largest absolute Gasteiger partial charge is 0.484 e. The normalized spacial score (nSPS) is 10.0. The topological polar surface area (TPSA) is 58.6 Å². The summed E-state index contributed by atoms with van der Waals surface area (Å²) in [6.07, 6.45) is 0. The first-order valence-electron chi connectivity index (χ1n) is 7.95. The van der Waals surface area contributed by atoms with E-state index < -0.39 is 0 Å². The van der Waals surface area contributed by atoms with Crippen LogP contribution in [-0.4, -0.2) is 36.4 Å². The molecule has 0 heterocycles. The first-order chi connectivity index (χ1) is 11.7. The fraction of sp³-hybridized carbons (Fsp3) is 0.263. The van der Waals surface area contributed by atoms with E-state index in [4.69, 9.17) is 4.74 Å². The molecule has 2 rings (SSSR count). The van der Waals surface area contributed by atoms with Crippen LogP contribution in [0, 0.1) is 0 Å². The number of nitrogens with one attached hydrogen (secondary N) is 1. The van der Waals surface area contributed by atoms with Crippen LogP contribution in [0.5, 0.6) is 5.75 Å². The van der Waals surface area contributed by atoms with Gasteiger partial charge in [-0.15, -0.1) is 0 Å². The molecule has 0 aliphatic carbocycles. The van der Waals surface area contributed by atoms with Gasteiger partial charge >= 0.3 is 0 Å². The van der Waals surface area contributed by atoms with E-state index in [1.807, 2.05) is 55.5 Å². The van der Waals surface area contributed by atoms with E-state index in [-0.39, 0.29) is 25.0 Å². The number of carbonyl (C=O) groups is 2. The van der Waals surface area contributed by atoms with Gasteiger partial charge in [0.1, 0.15) is 5.75 Å². The predicted octanol–water partition coefficient (Wildman–Crippen LogP) is 2.23. The van der Waals surface area contributed by atoms with Gasteiger partial charge in [0, 0.05) is 13.1 Å². The zero-order valence-electron chi connectivity index (χ0n) is 13.8. The minimum atomic E-state index is -0.317. The molecule has 5 nitrogen and oxygen atoms in total. The van der Waals surface area contributed by atoms with Gasteiger partial charge in [-0.3, -0.25) is 9.59 Å². The second kappa shape index (κ2) is 9.35. The van der Waals surface area contributed by atoms with Crippen molar-refractivity contribution in [3.05, 3.63) is 66.2 Å². The van der Waals surface area contributed by atoms with Crippen molar-refractivity contribution < 1.29 is 14.3 Å². The molecular formula is C19H22N2O3. The van der Waals surface area contributed by atoms with Gasteiger partial charge in [-0.05, 0) is 24.6 Å². The van der Waals surface area contributed by atoms with Gasteiger partial charge in [-0.2, -0.15) is 0 Å². The van der Waals surface area contributed by atoms with Crippen molar-refractivity contribution in [1.29, 1.82) is 0 Å². The minimum absolute atomic E-state index is 0.0301. The maximum atomic E-state index is 12.2. The molecule has 2 aromatic carbocycles. The van der Waals surface area contributed by atoms with Crippen LogP contribution in [-0.2, 0) is 16.1 Å². The highest BCUT2D eigenvalue weighted by atomic mass is 16.5. The van der Waals surface area contributed by atoms with Crippen LogP contribution < -0.4 is 10.1 Å². The Morgan fingerprint density at radius 2 is 1.62 bits per heavy atom. The van der Waals surface area contributed by atoms with Gasteiger partial charge in [0.15, 0.2) is 6.61 Å². The van der Waals surface area contributed by atoms with Gasteiger partial charge in [0.05, 0.1) is 6.54 Å². The number of amides is 2. The maximum Gasteiger partial charge on any atom is 0.258 e. The summed E-state index contributed by atoms with van der Waals surface area (Å²) in [4.78, 5) is 25.7. The second-order valence-corrected chi connectivity index (χ2v) is 5.27. The summed E-state index contributed by atoms with van der Waals surface area (Å²) in [7, 11) is 0. The van der Waals surface area contributed by atoms with Crippen molar-refractivity contribution in [3.8, 4) is 5.75 Å². The Kier molecular flexibility index (Phi) is 6.83. The highest BCUT2D eigenvalue weighted by Gasteiger charge is 2.13. The standard InChI is InChI=1S/C19H22N2O3/c1-2-21(14-16-9-5-3-6-10-16)19(23)13-20-18(22)15-24-17-11-7-4-8-12-17/h3-12H,2,13-15H2,1H3,(H,20,22). The monoisotopic (exact) mass is 326 g/mol. The summed E-state index contributed by atoms with van der Waals surface area (Å²) >= 11 is 0. The number of nitrogens with zero attached hydrogens (tertiary/aromatic N) is 1. The molecule has 0 bridgehead atoms. The summed E-state index contributed by atoms with van der Waals surface area (Å²) in [6, 6.07) is 18.9. The van der Waals surface area contributed by atoms with Crippen LogP contribution in [0.3, 0.4) is 0 Å². The Labute approximate surface area is 142 Å². The number of hydrogen-bond acceptors (Lipinski definition) is 3. The number of para-hydroxylation sites is 1. The third kappa shape index (κ3) is 5.76. The van der Waals surface area contributed by atoms with Gasteiger partial charge in [0.25, 0.3) is 5.91 Å². The molecule has 0 saturated heterocycles. The van der Waals surface area contributed by atoms with Gasteiger partial charge < -0.3 is 15.0 Å². The van der Waals surface area contributed by atoms with E-state index in [0.29, 0.717) is 18.8 Å². The second-order valence-electron chi connectivity index (χ2n) is 5.27. The van der Waals surface area contributed by atoms with E-state index in [2.05, 4.69) is 5.32 Å². The van der Waals surface area contributed by atoms with Crippen LogP contribution in [0.2, 0.25) is 0 Å². The molecule has 126 valence electrons. The van der Waals surface area contributed by atoms with E-state index in [1.54, 1.807) is 17.0 Å². The average molecular weight is 326 g/mol. The first kappa shape index (κ1) is 17.5. The first-order valence-corrected chi connectivity index (χ1v) is 7.95. The minimum Gasteiger partial charge on any atom is -0.484 e. The zero-order chi connectivity index (χ0) is 17.2. The summed E-state index contributed by atoms with van der Waals surface area (Å²) < 4.78 is 5.35. The van der Waals surface area contributed by atoms with Crippen molar-refractivity contribution in [2.75, 3.05) is 19.7 Å². The lowest BCUT2D eigenvalue weighted by atomic mass is 10.2. The number of benzene rings is 2. The third-order valence-electron chi connectivity index (χ3n) is 3.50. The highest BCUT2D eigenvalue weighted by Crippen LogP contribution is 2.07.